The molecule has 0 aliphatic carbocycles. The summed E-state index contributed by atoms with van der Waals surface area (Å²) in [4.78, 5) is 17.1. The van der Waals surface area contributed by atoms with Crippen LogP contribution < -0.4 is 5.32 Å². The number of amides is 1. The lowest BCUT2D eigenvalue weighted by atomic mass is 10.1. The van der Waals surface area contributed by atoms with Crippen LogP contribution >= 0.6 is 11.3 Å². The van der Waals surface area contributed by atoms with E-state index in [2.05, 4.69) is 24.4 Å². The monoisotopic (exact) mass is 332 g/mol. The van der Waals surface area contributed by atoms with E-state index in [0.29, 0.717) is 19.5 Å². The third-order valence-electron chi connectivity index (χ3n) is 3.71. The molecule has 1 aromatic heterocycles. The first-order valence-electron chi connectivity index (χ1n) is 7.90. The molecular formula is C18H24N2O2S. The summed E-state index contributed by atoms with van der Waals surface area (Å²) in [7, 11) is 0. The van der Waals surface area contributed by atoms with Gasteiger partial charge in [0.05, 0.1) is 12.6 Å². The van der Waals surface area contributed by atoms with Crippen molar-refractivity contribution < 1.29 is 9.90 Å². The van der Waals surface area contributed by atoms with Gasteiger partial charge in [-0.1, -0.05) is 25.1 Å². The molecule has 5 heteroatoms. The standard InChI is InChI=1S/C18H24N2O2S/c1-3-17(18(22)19-15-7-5-4-6-8-15)20(11-12-21)13-16-10-9-14(2)23-16/h4-10,17,21H,3,11-13H2,1-2H3,(H,19,22). The molecule has 2 aromatic rings. The zero-order valence-electron chi connectivity index (χ0n) is 13.7. The molecule has 0 aliphatic rings. The number of hydrogen-bond acceptors (Lipinski definition) is 4. The van der Waals surface area contributed by atoms with Crippen molar-refractivity contribution in [2.24, 2.45) is 0 Å². The van der Waals surface area contributed by atoms with Crippen molar-refractivity contribution in [3.8, 4) is 0 Å². The van der Waals surface area contributed by atoms with Crippen molar-refractivity contribution in [3.05, 3.63) is 52.2 Å². The summed E-state index contributed by atoms with van der Waals surface area (Å²) in [5.74, 6) is -0.0274. The number of para-hydroxylation sites is 1. The summed E-state index contributed by atoms with van der Waals surface area (Å²) in [6, 6.07) is 13.4. The molecule has 0 saturated carbocycles. The highest BCUT2D eigenvalue weighted by atomic mass is 32.1. The van der Waals surface area contributed by atoms with Crippen LogP contribution in [0.3, 0.4) is 0 Å². The van der Waals surface area contributed by atoms with E-state index >= 15 is 0 Å². The maximum Gasteiger partial charge on any atom is 0.241 e. The van der Waals surface area contributed by atoms with Gasteiger partial charge in [0.2, 0.25) is 5.91 Å². The fraction of sp³-hybridized carbons (Fsp3) is 0.389. The summed E-state index contributed by atoms with van der Waals surface area (Å²) in [6.07, 6.45) is 0.697. The first-order valence-corrected chi connectivity index (χ1v) is 8.71. The quantitative estimate of drug-likeness (QED) is 0.780. The number of aliphatic hydroxyl groups is 1. The highest BCUT2D eigenvalue weighted by Crippen LogP contribution is 2.20. The number of rotatable bonds is 8. The number of carbonyl (C=O) groups is 1. The number of aliphatic hydroxyl groups excluding tert-OH is 1. The van der Waals surface area contributed by atoms with Crippen molar-refractivity contribution in [2.45, 2.75) is 32.9 Å². The highest BCUT2D eigenvalue weighted by Gasteiger charge is 2.24. The highest BCUT2D eigenvalue weighted by molar-refractivity contribution is 7.11. The Hall–Kier alpha value is -1.69. The second-order valence-electron chi connectivity index (χ2n) is 5.49. The van der Waals surface area contributed by atoms with Crippen LogP contribution in [0.25, 0.3) is 0 Å². The van der Waals surface area contributed by atoms with Crippen LogP contribution in [0.1, 0.15) is 23.1 Å². The van der Waals surface area contributed by atoms with Gasteiger partial charge in [-0.25, -0.2) is 0 Å². The minimum atomic E-state index is -0.259. The molecule has 124 valence electrons. The molecule has 0 fully saturated rings. The van der Waals surface area contributed by atoms with E-state index < -0.39 is 0 Å². The third kappa shape index (κ3) is 5.16. The number of nitrogens with zero attached hydrogens (tertiary/aromatic N) is 1. The molecule has 0 radical (unpaired) electrons. The molecule has 2 N–H and O–H groups in total. The Kier molecular flexibility index (Phi) is 6.77. The zero-order chi connectivity index (χ0) is 16.7. The molecule has 0 spiro atoms. The summed E-state index contributed by atoms with van der Waals surface area (Å²) < 4.78 is 0. The molecule has 0 aliphatic heterocycles. The molecule has 0 saturated heterocycles. The molecule has 1 heterocycles. The Morgan fingerprint density at radius 3 is 2.57 bits per heavy atom. The smallest absolute Gasteiger partial charge is 0.241 e. The molecule has 1 amide bonds. The lowest BCUT2D eigenvalue weighted by Crippen LogP contribution is -2.44. The minimum Gasteiger partial charge on any atom is -0.395 e. The topological polar surface area (TPSA) is 52.6 Å². The van der Waals surface area contributed by atoms with E-state index in [1.165, 1.54) is 9.75 Å². The Bertz CT molecular complexity index is 612. The number of hydrogen-bond donors (Lipinski definition) is 2. The second kappa shape index (κ2) is 8.82. The Labute approximate surface area is 141 Å². The van der Waals surface area contributed by atoms with Crippen molar-refractivity contribution >= 4 is 22.9 Å². The predicted octanol–water partition coefficient (Wildman–Crippen LogP) is 3.27. The lowest BCUT2D eigenvalue weighted by Gasteiger charge is -2.29. The van der Waals surface area contributed by atoms with Crippen LogP contribution in [0.15, 0.2) is 42.5 Å². The van der Waals surface area contributed by atoms with Gasteiger partial charge in [0.25, 0.3) is 0 Å². The minimum absolute atomic E-state index is 0.0274. The van der Waals surface area contributed by atoms with Gasteiger partial charge in [-0.15, -0.1) is 11.3 Å². The average Bonchev–Trinajstić information content (AvgIpc) is 2.94. The van der Waals surface area contributed by atoms with Crippen LogP contribution in [-0.4, -0.2) is 35.1 Å². The summed E-state index contributed by atoms with van der Waals surface area (Å²) >= 11 is 1.73. The first kappa shape index (κ1) is 17.7. The lowest BCUT2D eigenvalue weighted by molar-refractivity contribution is -0.121. The van der Waals surface area contributed by atoms with E-state index in [9.17, 15) is 9.90 Å². The van der Waals surface area contributed by atoms with Crippen molar-refractivity contribution in [3.63, 3.8) is 0 Å². The molecule has 1 atom stereocenters. The second-order valence-corrected chi connectivity index (χ2v) is 6.86. The van der Waals surface area contributed by atoms with Crippen molar-refractivity contribution in [1.82, 2.24) is 4.90 Å². The van der Waals surface area contributed by atoms with Crippen LogP contribution in [0, 0.1) is 6.92 Å². The Balaban J connectivity index is 2.08. The Morgan fingerprint density at radius 2 is 2.00 bits per heavy atom. The van der Waals surface area contributed by atoms with Crippen molar-refractivity contribution in [2.75, 3.05) is 18.5 Å². The van der Waals surface area contributed by atoms with Crippen molar-refractivity contribution in [1.29, 1.82) is 0 Å². The van der Waals surface area contributed by atoms with Gasteiger partial charge in [-0.05, 0) is 37.6 Å². The molecule has 1 unspecified atom stereocenters. The van der Waals surface area contributed by atoms with Gasteiger partial charge in [-0.2, -0.15) is 0 Å². The average molecular weight is 332 g/mol. The SMILES string of the molecule is CCC(C(=O)Nc1ccccc1)N(CCO)Cc1ccc(C)s1. The number of benzene rings is 1. The number of nitrogens with one attached hydrogen (secondary N) is 1. The molecule has 1 aromatic carbocycles. The van der Waals surface area contributed by atoms with E-state index in [-0.39, 0.29) is 18.6 Å². The predicted molar refractivity (Wildman–Crippen MR) is 95.7 cm³/mol. The summed E-state index contributed by atoms with van der Waals surface area (Å²) in [6.45, 7) is 5.28. The summed E-state index contributed by atoms with van der Waals surface area (Å²) in [5.41, 5.74) is 0.798. The Morgan fingerprint density at radius 1 is 1.26 bits per heavy atom. The van der Waals surface area contributed by atoms with E-state index in [0.717, 1.165) is 5.69 Å². The van der Waals surface area contributed by atoms with Gasteiger partial charge in [0.15, 0.2) is 0 Å². The number of carbonyl (C=O) groups excluding carboxylic acids is 1. The molecule has 0 bridgehead atoms. The molecule has 2 rings (SSSR count). The van der Waals surface area contributed by atoms with Gasteiger partial charge in [0.1, 0.15) is 0 Å². The van der Waals surface area contributed by atoms with Crippen LogP contribution in [-0.2, 0) is 11.3 Å². The maximum absolute atomic E-state index is 12.6. The van der Waals surface area contributed by atoms with Crippen LogP contribution in [0.5, 0.6) is 0 Å². The number of anilines is 1. The number of aryl methyl sites for hydroxylation is 1. The summed E-state index contributed by atoms with van der Waals surface area (Å²) in [5, 5.41) is 12.3. The first-order chi connectivity index (χ1) is 11.1. The van der Waals surface area contributed by atoms with Gasteiger partial charge < -0.3 is 10.4 Å². The van der Waals surface area contributed by atoms with E-state index in [4.69, 9.17) is 0 Å². The van der Waals surface area contributed by atoms with Crippen LogP contribution in [0.4, 0.5) is 5.69 Å². The maximum atomic E-state index is 12.6. The normalized spacial score (nSPS) is 12.3. The third-order valence-corrected chi connectivity index (χ3v) is 4.70. The fourth-order valence-corrected chi connectivity index (χ4v) is 3.52. The van der Waals surface area contributed by atoms with Gasteiger partial charge in [-0.3, -0.25) is 9.69 Å². The molecule has 23 heavy (non-hydrogen) atoms. The number of thiophene rings is 1. The largest absolute Gasteiger partial charge is 0.395 e. The zero-order valence-corrected chi connectivity index (χ0v) is 14.5. The molecular weight excluding hydrogens is 308 g/mol. The van der Waals surface area contributed by atoms with E-state index in [1.807, 2.05) is 42.2 Å². The molecule has 4 nitrogen and oxygen atoms in total. The van der Waals surface area contributed by atoms with Gasteiger partial charge in [0, 0.05) is 28.5 Å². The van der Waals surface area contributed by atoms with Gasteiger partial charge >= 0.3 is 0 Å². The van der Waals surface area contributed by atoms with Crippen LogP contribution in [0.2, 0.25) is 0 Å². The fourth-order valence-electron chi connectivity index (χ4n) is 2.60. The van der Waals surface area contributed by atoms with E-state index in [1.54, 1.807) is 11.3 Å².